The summed E-state index contributed by atoms with van der Waals surface area (Å²) < 4.78 is 11.1. The summed E-state index contributed by atoms with van der Waals surface area (Å²) in [5.74, 6) is 1.05. The van der Waals surface area contributed by atoms with E-state index in [1.54, 1.807) is 13.3 Å². The molecule has 0 aliphatic carbocycles. The number of nitriles is 1. The van der Waals surface area contributed by atoms with Gasteiger partial charge in [0.05, 0.1) is 53.7 Å². The van der Waals surface area contributed by atoms with Crippen LogP contribution in [0.4, 0.5) is 23.0 Å². The second-order valence-corrected chi connectivity index (χ2v) is 9.70. The van der Waals surface area contributed by atoms with E-state index in [2.05, 4.69) is 46.5 Å². The van der Waals surface area contributed by atoms with Crippen molar-refractivity contribution >= 4 is 34.6 Å². The zero-order valence-electron chi connectivity index (χ0n) is 20.0. The molecule has 0 spiro atoms. The van der Waals surface area contributed by atoms with E-state index in [-0.39, 0.29) is 5.41 Å². The molecule has 0 bridgehead atoms. The summed E-state index contributed by atoms with van der Waals surface area (Å²) >= 11 is 6.64. The predicted molar refractivity (Wildman–Crippen MR) is 138 cm³/mol. The Morgan fingerprint density at radius 1 is 1.23 bits per heavy atom. The number of anilines is 4. The molecule has 8 nitrogen and oxygen atoms in total. The number of benzene rings is 2. The van der Waals surface area contributed by atoms with Gasteiger partial charge in [0.25, 0.3) is 0 Å². The van der Waals surface area contributed by atoms with Crippen LogP contribution >= 0.6 is 11.6 Å². The number of hydrogen-bond donors (Lipinski definition) is 2. The summed E-state index contributed by atoms with van der Waals surface area (Å²) in [6.07, 6.45) is 1.70. The first-order valence-electron chi connectivity index (χ1n) is 11.5. The molecule has 2 aliphatic heterocycles. The van der Waals surface area contributed by atoms with Gasteiger partial charge in [-0.15, -0.1) is 0 Å². The van der Waals surface area contributed by atoms with Gasteiger partial charge in [-0.25, -0.2) is 9.97 Å². The first-order valence-corrected chi connectivity index (χ1v) is 11.9. The van der Waals surface area contributed by atoms with Gasteiger partial charge in [0.1, 0.15) is 11.8 Å². The van der Waals surface area contributed by atoms with Crippen LogP contribution in [0.5, 0.6) is 5.75 Å². The lowest BCUT2D eigenvalue weighted by Gasteiger charge is -2.30. The molecule has 5 rings (SSSR count). The second-order valence-electron chi connectivity index (χ2n) is 9.29. The highest BCUT2D eigenvalue weighted by molar-refractivity contribution is 6.33. The molecule has 2 N–H and O–H groups in total. The Morgan fingerprint density at radius 2 is 2.03 bits per heavy atom. The standard InChI is InChI=1S/C26H27ClN6O2/c1-26(2)15-30-24-17(14-28)10-16(11-18(24)26)20-4-5-29-25(31-20)32-21-12-19(27)22(13-23(21)34-3)33-6-8-35-9-7-33/h4-5,10-13,30H,6-9,15H2,1-3H3,(H,29,31,32). The molecule has 0 radical (unpaired) electrons. The lowest BCUT2D eigenvalue weighted by molar-refractivity contribution is 0.122. The molecule has 1 fully saturated rings. The SMILES string of the molecule is COc1cc(N2CCOCC2)c(Cl)cc1Nc1nccc(-c2cc(C#N)c3c(c2)C(C)(C)CN3)n1. The van der Waals surface area contributed by atoms with Gasteiger partial charge < -0.3 is 25.0 Å². The minimum Gasteiger partial charge on any atom is -0.494 e. The Morgan fingerprint density at radius 3 is 2.77 bits per heavy atom. The molecule has 1 saturated heterocycles. The maximum Gasteiger partial charge on any atom is 0.227 e. The number of hydrogen-bond acceptors (Lipinski definition) is 8. The quantitative estimate of drug-likeness (QED) is 0.518. The summed E-state index contributed by atoms with van der Waals surface area (Å²) in [7, 11) is 1.62. The largest absolute Gasteiger partial charge is 0.494 e. The van der Waals surface area contributed by atoms with E-state index in [9.17, 15) is 5.26 Å². The molecule has 2 aromatic carbocycles. The molecular weight excluding hydrogens is 464 g/mol. The zero-order valence-corrected chi connectivity index (χ0v) is 20.7. The second kappa shape index (κ2) is 9.25. The number of aromatic nitrogens is 2. The van der Waals surface area contributed by atoms with Gasteiger partial charge in [-0.1, -0.05) is 25.4 Å². The zero-order chi connectivity index (χ0) is 24.6. The van der Waals surface area contributed by atoms with Gasteiger partial charge >= 0.3 is 0 Å². The topological polar surface area (TPSA) is 95.3 Å². The number of nitrogens with zero attached hydrogens (tertiary/aromatic N) is 4. The van der Waals surface area contributed by atoms with Crippen molar-refractivity contribution in [3.63, 3.8) is 0 Å². The molecule has 0 unspecified atom stereocenters. The Labute approximate surface area is 209 Å². The Kier molecular flexibility index (Phi) is 6.13. The van der Waals surface area contributed by atoms with Gasteiger partial charge in [-0.3, -0.25) is 0 Å². The highest BCUT2D eigenvalue weighted by atomic mass is 35.5. The monoisotopic (exact) mass is 490 g/mol. The molecule has 3 aromatic rings. The number of nitrogens with one attached hydrogen (secondary N) is 2. The van der Waals surface area contributed by atoms with Crippen molar-refractivity contribution in [2.45, 2.75) is 19.3 Å². The summed E-state index contributed by atoms with van der Waals surface area (Å²) in [5, 5.41) is 17.0. The van der Waals surface area contributed by atoms with E-state index in [1.807, 2.05) is 24.3 Å². The summed E-state index contributed by atoms with van der Waals surface area (Å²) in [6, 6.07) is 11.9. The van der Waals surface area contributed by atoms with Crippen LogP contribution in [-0.2, 0) is 10.2 Å². The normalized spacial score (nSPS) is 16.3. The fraction of sp³-hybridized carbons (Fsp3) is 0.346. The van der Waals surface area contributed by atoms with Crippen molar-refractivity contribution in [3.8, 4) is 23.1 Å². The van der Waals surface area contributed by atoms with Gasteiger partial charge in [-0.2, -0.15) is 5.26 Å². The van der Waals surface area contributed by atoms with Gasteiger partial charge in [0.2, 0.25) is 5.95 Å². The molecule has 180 valence electrons. The highest BCUT2D eigenvalue weighted by Gasteiger charge is 2.32. The molecule has 0 atom stereocenters. The van der Waals surface area contributed by atoms with Crippen LogP contribution in [0.1, 0.15) is 25.0 Å². The average Bonchev–Trinajstić information content (AvgIpc) is 3.18. The highest BCUT2D eigenvalue weighted by Crippen LogP contribution is 2.41. The van der Waals surface area contributed by atoms with Gasteiger partial charge in [0, 0.05) is 42.9 Å². The van der Waals surface area contributed by atoms with Crippen molar-refractivity contribution in [2.24, 2.45) is 0 Å². The summed E-state index contributed by atoms with van der Waals surface area (Å²) in [4.78, 5) is 11.3. The smallest absolute Gasteiger partial charge is 0.227 e. The Bertz CT molecular complexity index is 1310. The van der Waals surface area contributed by atoms with Crippen LogP contribution in [0.2, 0.25) is 5.02 Å². The molecule has 9 heteroatoms. The molecule has 3 heterocycles. The maximum atomic E-state index is 9.72. The molecule has 2 aliphatic rings. The van der Waals surface area contributed by atoms with Crippen molar-refractivity contribution in [3.05, 3.63) is 52.7 Å². The number of methoxy groups -OCH3 is 1. The first-order chi connectivity index (χ1) is 16.9. The minimum atomic E-state index is -0.0720. The molecule has 35 heavy (non-hydrogen) atoms. The van der Waals surface area contributed by atoms with E-state index < -0.39 is 0 Å². The van der Waals surface area contributed by atoms with Crippen LogP contribution in [0.25, 0.3) is 11.3 Å². The predicted octanol–water partition coefficient (Wildman–Crippen LogP) is 4.96. The molecule has 1 aromatic heterocycles. The van der Waals surface area contributed by atoms with Crippen molar-refractivity contribution in [1.29, 1.82) is 5.26 Å². The fourth-order valence-corrected chi connectivity index (χ4v) is 4.85. The van der Waals surface area contributed by atoms with Crippen molar-refractivity contribution in [1.82, 2.24) is 9.97 Å². The van der Waals surface area contributed by atoms with Crippen LogP contribution in [0.3, 0.4) is 0 Å². The molecular formula is C26H27ClN6O2. The lowest BCUT2D eigenvalue weighted by Crippen LogP contribution is -2.36. The van der Waals surface area contributed by atoms with E-state index in [1.165, 1.54) is 0 Å². The fourth-order valence-electron chi connectivity index (χ4n) is 4.56. The number of morpholine rings is 1. The van der Waals surface area contributed by atoms with Crippen LogP contribution < -0.4 is 20.3 Å². The minimum absolute atomic E-state index is 0.0720. The Balaban J connectivity index is 1.47. The van der Waals surface area contributed by atoms with E-state index in [0.717, 1.165) is 47.8 Å². The molecule has 0 saturated carbocycles. The van der Waals surface area contributed by atoms with E-state index >= 15 is 0 Å². The molecule has 0 amide bonds. The van der Waals surface area contributed by atoms with Gasteiger partial charge in [0.15, 0.2) is 0 Å². The van der Waals surface area contributed by atoms with Crippen LogP contribution in [0, 0.1) is 11.3 Å². The van der Waals surface area contributed by atoms with Gasteiger partial charge in [-0.05, 0) is 29.8 Å². The first kappa shape index (κ1) is 23.2. The van der Waals surface area contributed by atoms with Crippen molar-refractivity contribution in [2.75, 3.05) is 55.5 Å². The number of fused-ring (bicyclic) bond motifs is 1. The maximum absolute atomic E-state index is 9.72. The lowest BCUT2D eigenvalue weighted by atomic mass is 9.85. The van der Waals surface area contributed by atoms with E-state index in [4.69, 9.17) is 26.1 Å². The average molecular weight is 491 g/mol. The van der Waals surface area contributed by atoms with E-state index in [0.29, 0.717) is 41.2 Å². The number of rotatable bonds is 5. The third-order valence-electron chi connectivity index (χ3n) is 6.51. The number of ether oxygens (including phenoxy) is 2. The number of halogens is 1. The summed E-state index contributed by atoms with van der Waals surface area (Å²) in [5.41, 5.74) is 5.74. The van der Waals surface area contributed by atoms with Crippen LogP contribution in [0.15, 0.2) is 36.5 Å². The Hall–Kier alpha value is -3.54. The third kappa shape index (κ3) is 4.45. The van der Waals surface area contributed by atoms with Crippen molar-refractivity contribution < 1.29 is 9.47 Å². The third-order valence-corrected chi connectivity index (χ3v) is 6.82. The van der Waals surface area contributed by atoms with Crippen LogP contribution in [-0.4, -0.2) is 49.9 Å². The summed E-state index contributed by atoms with van der Waals surface area (Å²) in [6.45, 7) is 8.02.